The molecule has 1 aliphatic rings. The van der Waals surface area contributed by atoms with E-state index in [9.17, 15) is 22.8 Å². The summed E-state index contributed by atoms with van der Waals surface area (Å²) in [4.78, 5) is 32.3. The molecule has 1 fully saturated rings. The first-order valence-corrected chi connectivity index (χ1v) is 11.5. The highest BCUT2D eigenvalue weighted by molar-refractivity contribution is 5.76. The van der Waals surface area contributed by atoms with Crippen molar-refractivity contribution < 1.29 is 27.4 Å². The zero-order valence-corrected chi connectivity index (χ0v) is 20.4. The largest absolute Gasteiger partial charge is 0.423 e. The maximum Gasteiger partial charge on any atom is 0.423 e. The number of nitrogens with zero attached hydrogens (tertiary/aromatic N) is 5. The van der Waals surface area contributed by atoms with E-state index in [4.69, 9.17) is 14.7 Å². The lowest BCUT2D eigenvalue weighted by Crippen LogP contribution is -2.49. The number of rotatable bonds is 10. The monoisotopic (exact) mass is 523 g/mol. The summed E-state index contributed by atoms with van der Waals surface area (Å²) in [6, 6.07) is 4.75. The van der Waals surface area contributed by atoms with E-state index < -0.39 is 35.1 Å². The zero-order chi connectivity index (χ0) is 27.0. The SMILES string of the molecule is CO[C@H](C)[C@@H](COCCC(=O)N1CCN(c2ccc(C#N)cn2)CC1)Nc1cn[nH]c(=O)c1C(F)(F)F. The summed E-state index contributed by atoms with van der Waals surface area (Å²) in [5.41, 5.74) is -2.76. The maximum atomic E-state index is 13.4. The number of piperazine rings is 1. The smallest absolute Gasteiger partial charge is 0.380 e. The van der Waals surface area contributed by atoms with Crippen LogP contribution in [0, 0.1) is 11.3 Å². The molecule has 14 heteroatoms. The number of hydrogen-bond donors (Lipinski definition) is 2. The number of amides is 1. The summed E-state index contributed by atoms with van der Waals surface area (Å²) in [5.74, 6) is 0.638. The third kappa shape index (κ3) is 7.40. The lowest BCUT2D eigenvalue weighted by atomic mass is 10.1. The molecule has 0 spiro atoms. The van der Waals surface area contributed by atoms with Gasteiger partial charge in [0.25, 0.3) is 5.56 Å². The van der Waals surface area contributed by atoms with Crippen LogP contribution in [0.2, 0.25) is 0 Å². The molecule has 200 valence electrons. The van der Waals surface area contributed by atoms with Crippen molar-refractivity contribution in [1.82, 2.24) is 20.1 Å². The number of pyridine rings is 1. The van der Waals surface area contributed by atoms with E-state index in [1.165, 1.54) is 13.3 Å². The molecule has 0 saturated carbocycles. The van der Waals surface area contributed by atoms with Gasteiger partial charge in [0.15, 0.2) is 0 Å². The molecule has 1 saturated heterocycles. The summed E-state index contributed by atoms with van der Waals surface area (Å²) in [5, 5.41) is 16.8. The van der Waals surface area contributed by atoms with Crippen LogP contribution in [0.5, 0.6) is 0 Å². The first kappa shape index (κ1) is 27.9. The average molecular weight is 524 g/mol. The second kappa shape index (κ2) is 12.5. The van der Waals surface area contributed by atoms with Crippen molar-refractivity contribution in [2.24, 2.45) is 0 Å². The summed E-state index contributed by atoms with van der Waals surface area (Å²) in [6.45, 7) is 3.82. The molecule has 0 radical (unpaired) electrons. The van der Waals surface area contributed by atoms with Gasteiger partial charge in [0.05, 0.1) is 49.2 Å². The van der Waals surface area contributed by atoms with E-state index >= 15 is 0 Å². The molecular weight excluding hydrogens is 495 g/mol. The van der Waals surface area contributed by atoms with Crippen LogP contribution in [0.3, 0.4) is 0 Å². The number of methoxy groups -OCH3 is 1. The van der Waals surface area contributed by atoms with Crippen LogP contribution in [-0.2, 0) is 20.4 Å². The molecule has 2 aromatic heterocycles. The number of aromatic nitrogens is 3. The Labute approximate surface area is 211 Å². The van der Waals surface area contributed by atoms with Crippen LogP contribution in [0.25, 0.3) is 0 Å². The van der Waals surface area contributed by atoms with Crippen LogP contribution < -0.4 is 15.8 Å². The molecule has 1 amide bonds. The Morgan fingerprint density at radius 3 is 2.59 bits per heavy atom. The van der Waals surface area contributed by atoms with Crippen LogP contribution in [0.4, 0.5) is 24.7 Å². The van der Waals surface area contributed by atoms with Crippen LogP contribution >= 0.6 is 0 Å². The van der Waals surface area contributed by atoms with Crippen LogP contribution in [0.15, 0.2) is 29.3 Å². The quantitative estimate of drug-likeness (QED) is 0.445. The minimum atomic E-state index is -4.88. The van der Waals surface area contributed by atoms with Crippen molar-refractivity contribution in [2.75, 3.05) is 56.7 Å². The van der Waals surface area contributed by atoms with E-state index in [0.29, 0.717) is 31.7 Å². The minimum Gasteiger partial charge on any atom is -0.380 e. The Kier molecular flexibility index (Phi) is 9.42. The van der Waals surface area contributed by atoms with Gasteiger partial charge < -0.3 is 24.6 Å². The normalized spacial score (nSPS) is 15.7. The third-order valence-electron chi connectivity index (χ3n) is 6.01. The van der Waals surface area contributed by atoms with Crippen LogP contribution in [0.1, 0.15) is 24.5 Å². The number of nitriles is 1. The fourth-order valence-corrected chi connectivity index (χ4v) is 3.80. The van der Waals surface area contributed by atoms with Gasteiger partial charge in [0.2, 0.25) is 5.91 Å². The van der Waals surface area contributed by atoms with Crippen molar-refractivity contribution in [2.45, 2.75) is 31.7 Å². The molecule has 0 unspecified atom stereocenters. The van der Waals surface area contributed by atoms with Gasteiger partial charge in [0.1, 0.15) is 17.5 Å². The number of carbonyl (C=O) groups excluding carboxylic acids is 1. The number of nitrogens with one attached hydrogen (secondary N) is 2. The number of aromatic amines is 1. The predicted molar refractivity (Wildman–Crippen MR) is 127 cm³/mol. The summed E-state index contributed by atoms with van der Waals surface area (Å²) < 4.78 is 50.9. The van der Waals surface area contributed by atoms with E-state index in [2.05, 4.69) is 15.4 Å². The fourth-order valence-electron chi connectivity index (χ4n) is 3.80. The molecule has 2 aromatic rings. The highest BCUT2D eigenvalue weighted by atomic mass is 19.4. The first-order chi connectivity index (χ1) is 17.6. The number of ether oxygens (including phenoxy) is 2. The molecule has 11 nitrogen and oxygen atoms in total. The highest BCUT2D eigenvalue weighted by Crippen LogP contribution is 2.31. The number of carbonyl (C=O) groups is 1. The van der Waals surface area contributed by atoms with Crippen molar-refractivity contribution in [3.63, 3.8) is 0 Å². The van der Waals surface area contributed by atoms with Crippen LogP contribution in [-0.4, -0.2) is 84.6 Å². The van der Waals surface area contributed by atoms with Gasteiger partial charge in [-0.1, -0.05) is 0 Å². The Morgan fingerprint density at radius 1 is 1.27 bits per heavy atom. The van der Waals surface area contributed by atoms with E-state index in [1.807, 2.05) is 11.0 Å². The molecule has 37 heavy (non-hydrogen) atoms. The lowest BCUT2D eigenvalue weighted by molar-refractivity contribution is -0.138. The van der Waals surface area contributed by atoms with E-state index in [0.717, 1.165) is 12.0 Å². The third-order valence-corrected chi connectivity index (χ3v) is 6.01. The van der Waals surface area contributed by atoms with Gasteiger partial charge in [0, 0.05) is 39.5 Å². The summed E-state index contributed by atoms with van der Waals surface area (Å²) >= 11 is 0. The van der Waals surface area contributed by atoms with Crippen molar-refractivity contribution in [3.05, 3.63) is 46.0 Å². The predicted octanol–water partition coefficient (Wildman–Crippen LogP) is 1.63. The molecule has 3 rings (SSSR count). The van der Waals surface area contributed by atoms with E-state index in [1.54, 1.807) is 29.1 Å². The van der Waals surface area contributed by atoms with Gasteiger partial charge in [-0.2, -0.15) is 23.5 Å². The summed E-state index contributed by atoms with van der Waals surface area (Å²) in [6.07, 6.45) is -2.96. The van der Waals surface area contributed by atoms with Crippen molar-refractivity contribution in [1.29, 1.82) is 5.26 Å². The molecule has 0 aromatic carbocycles. The lowest BCUT2D eigenvalue weighted by Gasteiger charge is -2.35. The number of hydrogen-bond acceptors (Lipinski definition) is 9. The highest BCUT2D eigenvalue weighted by Gasteiger charge is 2.38. The molecule has 2 atom stereocenters. The fraction of sp³-hybridized carbons (Fsp3) is 0.522. The molecular formula is C23H28F3N7O4. The minimum absolute atomic E-state index is 0.0601. The van der Waals surface area contributed by atoms with Crippen molar-refractivity contribution in [3.8, 4) is 6.07 Å². The first-order valence-electron chi connectivity index (χ1n) is 11.5. The number of anilines is 2. The topological polar surface area (TPSA) is 136 Å². The van der Waals surface area contributed by atoms with E-state index in [-0.39, 0.29) is 25.5 Å². The van der Waals surface area contributed by atoms with Crippen molar-refractivity contribution >= 4 is 17.4 Å². The average Bonchev–Trinajstić information content (AvgIpc) is 2.89. The molecule has 2 N–H and O–H groups in total. The van der Waals surface area contributed by atoms with Gasteiger partial charge in [-0.15, -0.1) is 0 Å². The Bertz CT molecular complexity index is 1140. The van der Waals surface area contributed by atoms with Gasteiger partial charge in [-0.25, -0.2) is 10.1 Å². The number of H-pyrrole nitrogens is 1. The Balaban J connectivity index is 1.49. The van der Waals surface area contributed by atoms with Gasteiger partial charge >= 0.3 is 6.18 Å². The molecule has 0 aliphatic carbocycles. The molecule has 0 bridgehead atoms. The molecule has 3 heterocycles. The molecule has 1 aliphatic heterocycles. The second-order valence-corrected chi connectivity index (χ2v) is 8.39. The number of alkyl halides is 3. The summed E-state index contributed by atoms with van der Waals surface area (Å²) in [7, 11) is 1.40. The second-order valence-electron chi connectivity index (χ2n) is 8.39. The zero-order valence-electron chi connectivity index (χ0n) is 20.4. The van der Waals surface area contributed by atoms with Gasteiger partial charge in [-0.3, -0.25) is 9.59 Å². The Morgan fingerprint density at radius 2 is 2.00 bits per heavy atom. The Hall–Kier alpha value is -3.70. The standard InChI is InChI=1S/C23H28F3N7O4/c1-15(36-2)18(30-17-13-29-31-22(35)21(17)23(24,25)26)14-37-10-5-20(34)33-8-6-32(7-9-33)19-4-3-16(11-27)12-28-19/h3-4,12-13,15,18H,5-10,14H2,1-2H3,(H2,30,31,35)/t15-,18-/m1/s1. The number of halogens is 3. The maximum absolute atomic E-state index is 13.4. The van der Waals surface area contributed by atoms with Gasteiger partial charge in [-0.05, 0) is 19.1 Å².